The van der Waals surface area contributed by atoms with Crippen molar-refractivity contribution in [2.24, 2.45) is 4.99 Å². The lowest BCUT2D eigenvalue weighted by Crippen LogP contribution is -2.17. The van der Waals surface area contributed by atoms with Crippen LogP contribution < -0.4 is 0 Å². The Labute approximate surface area is 61.1 Å². The van der Waals surface area contributed by atoms with Crippen LogP contribution in [0, 0.1) is 0 Å². The highest BCUT2D eigenvalue weighted by molar-refractivity contribution is 5.66. The predicted octanol–water partition coefficient (Wildman–Crippen LogP) is 1.27. The van der Waals surface area contributed by atoms with E-state index in [1.165, 1.54) is 0 Å². The van der Waals surface area contributed by atoms with Crippen LogP contribution in [0.15, 0.2) is 16.8 Å². The van der Waals surface area contributed by atoms with Gasteiger partial charge >= 0.3 is 6.18 Å². The van der Waals surface area contributed by atoms with Crippen LogP contribution >= 0.6 is 0 Å². The van der Waals surface area contributed by atoms with E-state index in [-0.39, 0.29) is 6.42 Å². The molecule has 11 heavy (non-hydrogen) atoms. The number of nitrogens with zero attached hydrogens (tertiary/aromatic N) is 1. The molecule has 2 nitrogen and oxygen atoms in total. The highest BCUT2D eigenvalue weighted by Crippen LogP contribution is 2.28. The molecular weight excluding hydrogens is 159 g/mol. The van der Waals surface area contributed by atoms with E-state index in [1.807, 2.05) is 0 Å². The number of hydrogen-bond acceptors (Lipinski definition) is 2. The monoisotopic (exact) mass is 165 g/mol. The van der Waals surface area contributed by atoms with Crippen LogP contribution in [0.25, 0.3) is 0 Å². The van der Waals surface area contributed by atoms with E-state index in [1.54, 1.807) is 0 Å². The number of aliphatic imine (C=N–C) groups is 1. The molecule has 0 saturated heterocycles. The maximum atomic E-state index is 11.8. The number of aliphatic hydroxyl groups excluding tert-OH is 1. The van der Waals surface area contributed by atoms with Crippen molar-refractivity contribution < 1.29 is 18.3 Å². The number of halogens is 3. The Morgan fingerprint density at radius 3 is 2.55 bits per heavy atom. The second-order valence-electron chi connectivity index (χ2n) is 2.17. The van der Waals surface area contributed by atoms with Crippen molar-refractivity contribution in [3.63, 3.8) is 0 Å². The van der Waals surface area contributed by atoms with Gasteiger partial charge in [0.05, 0.1) is 6.10 Å². The third-order valence-corrected chi connectivity index (χ3v) is 1.23. The van der Waals surface area contributed by atoms with E-state index in [0.29, 0.717) is 0 Å². The third-order valence-electron chi connectivity index (χ3n) is 1.23. The number of allylic oxidation sites excluding steroid dienone is 1. The molecule has 1 heterocycles. The van der Waals surface area contributed by atoms with Gasteiger partial charge in [-0.05, 0) is 6.42 Å². The summed E-state index contributed by atoms with van der Waals surface area (Å²) >= 11 is 0. The van der Waals surface area contributed by atoms with Crippen LogP contribution in [0.5, 0.6) is 0 Å². The Morgan fingerprint density at radius 2 is 2.18 bits per heavy atom. The average Bonchev–Trinajstić information content (AvgIpc) is 1.86. The molecule has 0 bridgehead atoms. The lowest BCUT2D eigenvalue weighted by molar-refractivity contribution is -0.0929. The fraction of sp³-hybridized carbons (Fsp3) is 0.500. The molecule has 1 aliphatic heterocycles. The van der Waals surface area contributed by atoms with Gasteiger partial charge in [-0.25, -0.2) is 0 Å². The first-order valence-electron chi connectivity index (χ1n) is 3.00. The quantitative estimate of drug-likeness (QED) is 0.576. The fourth-order valence-corrected chi connectivity index (χ4v) is 0.701. The maximum absolute atomic E-state index is 11.8. The van der Waals surface area contributed by atoms with E-state index < -0.39 is 18.0 Å². The lowest BCUT2D eigenvalue weighted by atomic mass is 10.2. The summed E-state index contributed by atoms with van der Waals surface area (Å²) in [5, 5.41) is 8.73. The molecule has 1 atom stereocenters. The van der Waals surface area contributed by atoms with Gasteiger partial charge in [0.25, 0.3) is 0 Å². The second kappa shape index (κ2) is 2.65. The first kappa shape index (κ1) is 8.26. The Balaban J connectivity index is 2.71. The van der Waals surface area contributed by atoms with E-state index in [4.69, 9.17) is 5.11 Å². The van der Waals surface area contributed by atoms with E-state index >= 15 is 0 Å². The van der Waals surface area contributed by atoms with Gasteiger partial charge in [0.1, 0.15) is 5.70 Å². The van der Waals surface area contributed by atoms with Gasteiger partial charge in [-0.3, -0.25) is 4.99 Å². The summed E-state index contributed by atoms with van der Waals surface area (Å²) in [4.78, 5) is 3.04. The zero-order chi connectivity index (χ0) is 8.48. The molecule has 0 saturated carbocycles. The average molecular weight is 165 g/mol. The Hall–Kier alpha value is -0.840. The smallest absolute Gasteiger partial charge is 0.387 e. The molecule has 5 heteroatoms. The minimum Gasteiger partial charge on any atom is -0.387 e. The molecule has 1 rings (SSSR count). The third kappa shape index (κ3) is 2.04. The maximum Gasteiger partial charge on any atom is 0.433 e. The van der Waals surface area contributed by atoms with Gasteiger partial charge in [-0.2, -0.15) is 13.2 Å². The molecule has 0 aromatic carbocycles. The topological polar surface area (TPSA) is 32.6 Å². The van der Waals surface area contributed by atoms with E-state index in [0.717, 1.165) is 12.3 Å². The van der Waals surface area contributed by atoms with Crippen molar-refractivity contribution in [2.75, 3.05) is 0 Å². The molecule has 1 unspecified atom stereocenters. The van der Waals surface area contributed by atoms with Gasteiger partial charge < -0.3 is 5.11 Å². The standard InChI is InChI=1S/C6H6F3NO/c7-6(8,9)5-2-1-4(11)3-10-5/h2-4,11H,1H2. The van der Waals surface area contributed by atoms with Crippen LogP contribution in [-0.2, 0) is 0 Å². The number of rotatable bonds is 0. The highest BCUT2D eigenvalue weighted by atomic mass is 19.4. The van der Waals surface area contributed by atoms with Crippen LogP contribution in [0.4, 0.5) is 13.2 Å². The second-order valence-corrected chi connectivity index (χ2v) is 2.17. The van der Waals surface area contributed by atoms with Gasteiger partial charge in [-0.15, -0.1) is 0 Å². The molecule has 0 spiro atoms. The van der Waals surface area contributed by atoms with Crippen molar-refractivity contribution >= 4 is 6.21 Å². The van der Waals surface area contributed by atoms with Crippen LogP contribution in [-0.4, -0.2) is 23.6 Å². The van der Waals surface area contributed by atoms with Gasteiger partial charge in [-0.1, -0.05) is 6.08 Å². The molecule has 1 aliphatic rings. The lowest BCUT2D eigenvalue weighted by Gasteiger charge is -2.12. The molecule has 62 valence electrons. The number of hydrogen-bond donors (Lipinski definition) is 1. The molecule has 0 aromatic heterocycles. The van der Waals surface area contributed by atoms with Crippen LogP contribution in [0.3, 0.4) is 0 Å². The molecule has 1 N–H and O–H groups in total. The summed E-state index contributed by atoms with van der Waals surface area (Å²) in [7, 11) is 0. The van der Waals surface area contributed by atoms with E-state index in [9.17, 15) is 13.2 Å². The first-order valence-corrected chi connectivity index (χ1v) is 3.00. The molecular formula is C6H6F3NO. The zero-order valence-corrected chi connectivity index (χ0v) is 5.47. The zero-order valence-electron chi connectivity index (χ0n) is 5.47. The minimum absolute atomic E-state index is 0.0155. The SMILES string of the molecule is OC1C=NC(C(F)(F)F)=CC1. The normalized spacial score (nSPS) is 25.1. The number of aliphatic hydroxyl groups is 1. The molecule has 0 aliphatic carbocycles. The predicted molar refractivity (Wildman–Crippen MR) is 33.3 cm³/mol. The molecule has 0 fully saturated rings. The van der Waals surface area contributed by atoms with Crippen molar-refractivity contribution in [3.8, 4) is 0 Å². The van der Waals surface area contributed by atoms with Gasteiger partial charge in [0.2, 0.25) is 0 Å². The minimum atomic E-state index is -4.39. The van der Waals surface area contributed by atoms with Crippen molar-refractivity contribution in [2.45, 2.75) is 18.7 Å². The molecule has 0 amide bonds. The van der Waals surface area contributed by atoms with Crippen molar-refractivity contribution in [1.29, 1.82) is 0 Å². The summed E-state index contributed by atoms with van der Waals surface area (Å²) in [6.45, 7) is 0. The molecule has 0 radical (unpaired) electrons. The fourth-order valence-electron chi connectivity index (χ4n) is 0.701. The highest BCUT2D eigenvalue weighted by Gasteiger charge is 2.34. The Morgan fingerprint density at radius 1 is 1.55 bits per heavy atom. The Bertz CT molecular complexity index is 206. The molecule has 0 aromatic rings. The van der Waals surface area contributed by atoms with Crippen LogP contribution in [0.1, 0.15) is 6.42 Å². The van der Waals surface area contributed by atoms with Gasteiger partial charge in [0.15, 0.2) is 0 Å². The largest absolute Gasteiger partial charge is 0.433 e. The summed E-state index contributed by atoms with van der Waals surface area (Å²) < 4.78 is 35.4. The number of alkyl halides is 3. The van der Waals surface area contributed by atoms with Crippen LogP contribution in [0.2, 0.25) is 0 Å². The van der Waals surface area contributed by atoms with Crippen molar-refractivity contribution in [1.82, 2.24) is 0 Å². The van der Waals surface area contributed by atoms with Gasteiger partial charge in [0, 0.05) is 6.21 Å². The van der Waals surface area contributed by atoms with Crippen molar-refractivity contribution in [3.05, 3.63) is 11.8 Å². The Kier molecular flexibility index (Phi) is 1.99. The summed E-state index contributed by atoms with van der Waals surface area (Å²) in [5.74, 6) is 0. The summed E-state index contributed by atoms with van der Waals surface area (Å²) in [5.41, 5.74) is -0.928. The first-order chi connectivity index (χ1) is 5.00. The summed E-state index contributed by atoms with van der Waals surface area (Å²) in [6, 6.07) is 0. The summed E-state index contributed by atoms with van der Waals surface area (Å²) in [6.07, 6.45) is -3.51. The van der Waals surface area contributed by atoms with E-state index in [2.05, 4.69) is 4.99 Å².